The molecule has 1 aromatic heterocycles. The van der Waals surface area contributed by atoms with Gasteiger partial charge in [-0.1, -0.05) is 0 Å². The monoisotopic (exact) mass is 226 g/mol. The van der Waals surface area contributed by atoms with Gasteiger partial charge in [0.25, 0.3) is 0 Å². The van der Waals surface area contributed by atoms with Gasteiger partial charge in [-0.25, -0.2) is 9.78 Å². The molecule has 12 heavy (non-hydrogen) atoms. The van der Waals surface area contributed by atoms with Gasteiger partial charge in [0.05, 0.1) is 10.0 Å². The molecular weight excluding hydrogens is 224 g/mol. The highest BCUT2D eigenvalue weighted by Gasteiger charge is 2.06. The lowest BCUT2D eigenvalue weighted by Gasteiger charge is -1.95. The van der Waals surface area contributed by atoms with Crippen LogP contribution in [0.1, 0.15) is 16.1 Å². The van der Waals surface area contributed by atoms with Crippen molar-refractivity contribution in [2.24, 2.45) is 0 Å². The molecule has 0 spiro atoms. The molecule has 0 saturated carbocycles. The Morgan fingerprint density at radius 1 is 1.75 bits per heavy atom. The summed E-state index contributed by atoms with van der Waals surface area (Å²) in [4.78, 5) is 14.0. The third-order valence-electron chi connectivity index (χ3n) is 1.19. The number of carboxylic acid groups (broad SMARTS) is 1. The van der Waals surface area contributed by atoms with E-state index < -0.39 is 5.97 Å². The van der Waals surface area contributed by atoms with Gasteiger partial charge in [-0.2, -0.15) is 5.26 Å². The van der Waals surface area contributed by atoms with E-state index in [1.807, 2.05) is 6.07 Å². The van der Waals surface area contributed by atoms with Crippen molar-refractivity contribution >= 4 is 21.9 Å². The number of halogens is 1. The number of aromatic nitrogens is 1. The van der Waals surface area contributed by atoms with Crippen LogP contribution in [0.25, 0.3) is 0 Å². The SMILES string of the molecule is N#Cc1ncc(C(=O)O)cc1Br. The molecule has 0 unspecified atom stereocenters. The fourth-order valence-electron chi connectivity index (χ4n) is 0.637. The summed E-state index contributed by atoms with van der Waals surface area (Å²) in [6, 6.07) is 3.15. The molecule has 0 saturated heterocycles. The van der Waals surface area contributed by atoms with Crippen LogP contribution in [-0.4, -0.2) is 16.1 Å². The van der Waals surface area contributed by atoms with Crippen LogP contribution in [-0.2, 0) is 0 Å². The number of hydrogen-bond donors (Lipinski definition) is 1. The van der Waals surface area contributed by atoms with Crippen LogP contribution in [0.2, 0.25) is 0 Å². The summed E-state index contributed by atoms with van der Waals surface area (Å²) in [5.41, 5.74) is 0.237. The molecule has 4 nitrogen and oxygen atoms in total. The smallest absolute Gasteiger partial charge is 0.337 e. The minimum absolute atomic E-state index is 0.0564. The second-order valence-corrected chi connectivity index (χ2v) is 2.83. The number of carbonyl (C=O) groups is 1. The summed E-state index contributed by atoms with van der Waals surface area (Å²) < 4.78 is 0.393. The number of hydrogen-bond acceptors (Lipinski definition) is 3. The zero-order valence-corrected chi connectivity index (χ0v) is 7.37. The molecular formula is C7H3BrN2O2. The van der Waals surface area contributed by atoms with Crippen LogP contribution in [0.15, 0.2) is 16.7 Å². The maximum absolute atomic E-state index is 10.4. The lowest BCUT2D eigenvalue weighted by molar-refractivity contribution is 0.0696. The molecule has 0 aliphatic carbocycles. The van der Waals surface area contributed by atoms with Crippen molar-refractivity contribution in [3.05, 3.63) is 28.0 Å². The second-order valence-electron chi connectivity index (χ2n) is 1.97. The zero-order valence-electron chi connectivity index (χ0n) is 5.78. The van der Waals surface area contributed by atoms with Crippen molar-refractivity contribution in [3.8, 4) is 6.07 Å². The highest BCUT2D eigenvalue weighted by molar-refractivity contribution is 9.10. The number of rotatable bonds is 1. The van der Waals surface area contributed by atoms with Gasteiger partial charge >= 0.3 is 5.97 Å². The summed E-state index contributed by atoms with van der Waals surface area (Å²) in [6.07, 6.45) is 1.14. The first-order valence-electron chi connectivity index (χ1n) is 2.94. The minimum atomic E-state index is -1.06. The van der Waals surface area contributed by atoms with E-state index in [9.17, 15) is 4.79 Å². The third kappa shape index (κ3) is 1.60. The maximum atomic E-state index is 10.4. The van der Waals surface area contributed by atoms with Crippen LogP contribution in [0.5, 0.6) is 0 Å². The van der Waals surface area contributed by atoms with Gasteiger partial charge in [-0.15, -0.1) is 0 Å². The first-order chi connectivity index (χ1) is 5.65. The van der Waals surface area contributed by atoms with E-state index in [-0.39, 0.29) is 11.3 Å². The molecule has 0 radical (unpaired) electrons. The van der Waals surface area contributed by atoms with Crippen molar-refractivity contribution in [1.29, 1.82) is 5.26 Å². The molecule has 1 N–H and O–H groups in total. The predicted octanol–water partition coefficient (Wildman–Crippen LogP) is 1.41. The fourth-order valence-corrected chi connectivity index (χ4v) is 1.07. The third-order valence-corrected chi connectivity index (χ3v) is 1.80. The molecule has 0 aliphatic rings. The first-order valence-corrected chi connectivity index (χ1v) is 3.73. The number of nitrogens with zero attached hydrogens (tertiary/aromatic N) is 2. The predicted molar refractivity (Wildman–Crippen MR) is 43.6 cm³/mol. The molecule has 0 atom stereocenters. The largest absolute Gasteiger partial charge is 0.478 e. The van der Waals surface area contributed by atoms with Gasteiger partial charge in [-0.3, -0.25) is 0 Å². The van der Waals surface area contributed by atoms with Crippen LogP contribution in [0.3, 0.4) is 0 Å². The molecule has 0 bridgehead atoms. The van der Waals surface area contributed by atoms with E-state index in [2.05, 4.69) is 20.9 Å². The Balaban J connectivity index is 3.21. The Morgan fingerprint density at radius 2 is 2.42 bits per heavy atom. The number of nitriles is 1. The lowest BCUT2D eigenvalue weighted by atomic mass is 10.2. The second kappa shape index (κ2) is 3.32. The maximum Gasteiger partial charge on any atom is 0.337 e. The quantitative estimate of drug-likeness (QED) is 0.786. The van der Waals surface area contributed by atoms with E-state index in [1.165, 1.54) is 6.07 Å². The molecule has 0 amide bonds. The van der Waals surface area contributed by atoms with E-state index in [0.717, 1.165) is 6.20 Å². The summed E-state index contributed by atoms with van der Waals surface area (Å²) >= 11 is 3.03. The van der Waals surface area contributed by atoms with Gasteiger partial charge in [0.1, 0.15) is 6.07 Å². The standard InChI is InChI=1S/C7H3BrN2O2/c8-5-1-4(7(11)12)3-10-6(5)2-9/h1,3H,(H,11,12). The summed E-state index contributed by atoms with van der Waals surface area (Å²) in [6.45, 7) is 0. The number of aromatic carboxylic acids is 1. The normalized spacial score (nSPS) is 9.00. The molecule has 1 aromatic rings. The Hall–Kier alpha value is -1.41. The van der Waals surface area contributed by atoms with Crippen LogP contribution < -0.4 is 0 Å². The first kappa shape index (κ1) is 8.68. The fraction of sp³-hybridized carbons (Fsp3) is 0. The molecule has 1 heterocycles. The Labute approximate surface area is 76.6 Å². The Kier molecular flexibility index (Phi) is 2.41. The van der Waals surface area contributed by atoms with Crippen molar-refractivity contribution in [2.75, 3.05) is 0 Å². The molecule has 60 valence electrons. The number of pyridine rings is 1. The van der Waals surface area contributed by atoms with E-state index in [1.54, 1.807) is 0 Å². The summed E-state index contributed by atoms with van der Waals surface area (Å²) in [7, 11) is 0. The average Bonchev–Trinajstić information content (AvgIpc) is 2.04. The topological polar surface area (TPSA) is 74.0 Å². The van der Waals surface area contributed by atoms with Crippen LogP contribution in [0.4, 0.5) is 0 Å². The Morgan fingerprint density at radius 3 is 2.83 bits per heavy atom. The highest BCUT2D eigenvalue weighted by atomic mass is 79.9. The Bertz CT molecular complexity index is 370. The number of carboxylic acids is 1. The van der Waals surface area contributed by atoms with Gasteiger partial charge < -0.3 is 5.11 Å². The van der Waals surface area contributed by atoms with Gasteiger partial charge in [0.2, 0.25) is 0 Å². The average molecular weight is 227 g/mol. The molecule has 1 rings (SSSR count). The molecule has 0 fully saturated rings. The van der Waals surface area contributed by atoms with Crippen molar-refractivity contribution in [3.63, 3.8) is 0 Å². The van der Waals surface area contributed by atoms with Crippen LogP contribution >= 0.6 is 15.9 Å². The van der Waals surface area contributed by atoms with Gasteiger partial charge in [0, 0.05) is 6.20 Å². The summed E-state index contributed by atoms with van der Waals surface area (Å²) in [5, 5.41) is 17.0. The van der Waals surface area contributed by atoms with E-state index >= 15 is 0 Å². The minimum Gasteiger partial charge on any atom is -0.478 e. The van der Waals surface area contributed by atoms with Crippen molar-refractivity contribution in [2.45, 2.75) is 0 Å². The van der Waals surface area contributed by atoms with Gasteiger partial charge in [0.15, 0.2) is 5.69 Å². The lowest BCUT2D eigenvalue weighted by Crippen LogP contribution is -1.98. The van der Waals surface area contributed by atoms with E-state index in [0.29, 0.717) is 4.47 Å². The van der Waals surface area contributed by atoms with Gasteiger partial charge in [-0.05, 0) is 22.0 Å². The zero-order chi connectivity index (χ0) is 9.14. The molecule has 0 aromatic carbocycles. The van der Waals surface area contributed by atoms with Crippen LogP contribution in [0, 0.1) is 11.3 Å². The highest BCUT2D eigenvalue weighted by Crippen LogP contribution is 2.14. The van der Waals surface area contributed by atoms with Crippen molar-refractivity contribution < 1.29 is 9.90 Å². The molecule has 0 aliphatic heterocycles. The van der Waals surface area contributed by atoms with Crippen molar-refractivity contribution in [1.82, 2.24) is 4.98 Å². The molecule has 5 heteroatoms. The summed E-state index contributed by atoms with van der Waals surface area (Å²) in [5.74, 6) is -1.06. The van der Waals surface area contributed by atoms with E-state index in [4.69, 9.17) is 10.4 Å².